The first-order chi connectivity index (χ1) is 6.27. The molecule has 0 atom stereocenters. The lowest BCUT2D eigenvalue weighted by Gasteiger charge is -1.83. The van der Waals surface area contributed by atoms with Crippen molar-refractivity contribution in [2.75, 3.05) is 0 Å². The van der Waals surface area contributed by atoms with E-state index in [9.17, 15) is 4.79 Å². The van der Waals surface area contributed by atoms with E-state index in [2.05, 4.69) is 5.16 Å². The van der Waals surface area contributed by atoms with Gasteiger partial charge in [-0.15, -0.1) is 0 Å². The first-order valence-electron chi connectivity index (χ1n) is 3.50. The second-order valence-electron chi connectivity index (χ2n) is 2.39. The number of aromatic nitrogens is 1. The molecule has 0 aliphatic carbocycles. The monoisotopic (exact) mass is 195 g/mol. The number of carboxylic acid groups (broad SMARTS) is 1. The van der Waals surface area contributed by atoms with Gasteiger partial charge in [0.1, 0.15) is 0 Å². The Morgan fingerprint density at radius 2 is 2.46 bits per heavy atom. The zero-order chi connectivity index (χ0) is 9.26. The first kappa shape index (κ1) is 8.00. The minimum atomic E-state index is -1.08. The Kier molecular flexibility index (Phi) is 1.86. The zero-order valence-corrected chi connectivity index (χ0v) is 7.25. The minimum Gasteiger partial charge on any atom is -0.476 e. The molecule has 0 saturated carbocycles. The van der Waals surface area contributed by atoms with E-state index in [0.717, 1.165) is 5.56 Å². The molecule has 2 rings (SSSR count). The minimum absolute atomic E-state index is 0.0683. The molecular weight excluding hydrogens is 190 g/mol. The quantitative estimate of drug-likeness (QED) is 0.797. The molecule has 0 aliphatic rings. The van der Waals surface area contributed by atoms with Gasteiger partial charge >= 0.3 is 5.97 Å². The molecule has 0 saturated heterocycles. The lowest BCUT2D eigenvalue weighted by molar-refractivity contribution is 0.0686. The number of thiophene rings is 1. The fourth-order valence-electron chi connectivity index (χ4n) is 0.917. The van der Waals surface area contributed by atoms with Gasteiger partial charge in [0.2, 0.25) is 0 Å². The highest BCUT2D eigenvalue weighted by molar-refractivity contribution is 7.08. The van der Waals surface area contributed by atoms with Crippen molar-refractivity contribution >= 4 is 17.3 Å². The first-order valence-corrected chi connectivity index (χ1v) is 4.44. The number of aromatic carboxylic acids is 1. The number of carbonyl (C=O) groups is 1. The topological polar surface area (TPSA) is 63.3 Å². The third-order valence-electron chi connectivity index (χ3n) is 1.53. The molecule has 0 amide bonds. The van der Waals surface area contributed by atoms with Crippen molar-refractivity contribution in [3.63, 3.8) is 0 Å². The van der Waals surface area contributed by atoms with E-state index >= 15 is 0 Å². The predicted molar refractivity (Wildman–Crippen MR) is 46.8 cm³/mol. The lowest BCUT2D eigenvalue weighted by atomic mass is 10.2. The summed E-state index contributed by atoms with van der Waals surface area (Å²) in [6.45, 7) is 0. The van der Waals surface area contributed by atoms with Crippen LogP contribution in [0.15, 0.2) is 27.4 Å². The van der Waals surface area contributed by atoms with E-state index in [1.54, 1.807) is 0 Å². The maximum absolute atomic E-state index is 10.5. The van der Waals surface area contributed by atoms with E-state index in [1.807, 2.05) is 16.8 Å². The molecule has 2 aromatic heterocycles. The molecule has 2 heterocycles. The van der Waals surface area contributed by atoms with Crippen LogP contribution < -0.4 is 0 Å². The van der Waals surface area contributed by atoms with Gasteiger partial charge in [-0.2, -0.15) is 11.3 Å². The molecule has 5 heteroatoms. The molecular formula is C8H5NO3S. The van der Waals surface area contributed by atoms with Crippen LogP contribution in [0.25, 0.3) is 11.3 Å². The second kappa shape index (κ2) is 3.02. The summed E-state index contributed by atoms with van der Waals surface area (Å²) in [5.41, 5.74) is 0.784. The number of hydrogen-bond donors (Lipinski definition) is 1. The molecule has 0 radical (unpaired) electrons. The Bertz CT molecular complexity index is 418. The summed E-state index contributed by atoms with van der Waals surface area (Å²) in [6, 6.07) is 3.25. The Balaban J connectivity index is 2.39. The summed E-state index contributed by atoms with van der Waals surface area (Å²) in [6.07, 6.45) is 0. The van der Waals surface area contributed by atoms with Crippen molar-refractivity contribution < 1.29 is 14.4 Å². The molecule has 1 N–H and O–H groups in total. The van der Waals surface area contributed by atoms with Crippen LogP contribution in [-0.2, 0) is 0 Å². The van der Waals surface area contributed by atoms with Gasteiger partial charge in [-0.05, 0) is 11.4 Å². The average molecular weight is 195 g/mol. The zero-order valence-electron chi connectivity index (χ0n) is 6.43. The van der Waals surface area contributed by atoms with Crippen molar-refractivity contribution in [1.29, 1.82) is 0 Å². The fourth-order valence-corrected chi connectivity index (χ4v) is 1.56. The number of hydrogen-bond acceptors (Lipinski definition) is 4. The van der Waals surface area contributed by atoms with E-state index in [0.29, 0.717) is 5.76 Å². The fraction of sp³-hybridized carbons (Fsp3) is 0. The van der Waals surface area contributed by atoms with Crippen molar-refractivity contribution in [3.8, 4) is 11.3 Å². The summed E-state index contributed by atoms with van der Waals surface area (Å²) in [5.74, 6) is -0.594. The van der Waals surface area contributed by atoms with Gasteiger partial charge < -0.3 is 9.63 Å². The van der Waals surface area contributed by atoms with E-state index in [-0.39, 0.29) is 5.69 Å². The highest BCUT2D eigenvalue weighted by Gasteiger charge is 2.11. The third-order valence-corrected chi connectivity index (χ3v) is 2.22. The summed E-state index contributed by atoms with van der Waals surface area (Å²) >= 11 is 1.52. The molecule has 0 spiro atoms. The Labute approximate surface area is 77.4 Å². The Morgan fingerprint density at radius 1 is 1.62 bits per heavy atom. The van der Waals surface area contributed by atoms with Gasteiger partial charge in [0.25, 0.3) is 0 Å². The highest BCUT2D eigenvalue weighted by atomic mass is 32.1. The van der Waals surface area contributed by atoms with Gasteiger partial charge in [-0.1, -0.05) is 5.16 Å². The molecule has 0 aliphatic heterocycles. The smallest absolute Gasteiger partial charge is 0.358 e. The predicted octanol–water partition coefficient (Wildman–Crippen LogP) is 2.10. The van der Waals surface area contributed by atoms with Crippen LogP contribution in [-0.4, -0.2) is 16.2 Å². The maximum Gasteiger partial charge on any atom is 0.358 e. The second-order valence-corrected chi connectivity index (χ2v) is 3.17. The molecule has 66 valence electrons. The molecule has 0 fully saturated rings. The Morgan fingerprint density at radius 3 is 3.00 bits per heavy atom. The van der Waals surface area contributed by atoms with E-state index < -0.39 is 5.97 Å². The van der Waals surface area contributed by atoms with E-state index in [4.69, 9.17) is 9.63 Å². The van der Waals surface area contributed by atoms with Gasteiger partial charge in [0, 0.05) is 17.0 Å². The molecule has 0 aromatic carbocycles. The normalized spacial score (nSPS) is 10.2. The molecule has 2 aromatic rings. The molecule has 0 bridgehead atoms. The van der Waals surface area contributed by atoms with Gasteiger partial charge in [-0.25, -0.2) is 4.79 Å². The van der Waals surface area contributed by atoms with Crippen LogP contribution in [0.4, 0.5) is 0 Å². The lowest BCUT2D eigenvalue weighted by Crippen LogP contribution is -1.94. The third kappa shape index (κ3) is 1.46. The highest BCUT2D eigenvalue weighted by Crippen LogP contribution is 2.22. The number of nitrogens with zero attached hydrogens (tertiary/aromatic N) is 1. The van der Waals surface area contributed by atoms with Gasteiger partial charge in [0.15, 0.2) is 11.5 Å². The maximum atomic E-state index is 10.5. The van der Waals surface area contributed by atoms with Crippen LogP contribution in [0.5, 0.6) is 0 Å². The van der Waals surface area contributed by atoms with Crippen LogP contribution in [0.1, 0.15) is 10.5 Å². The van der Waals surface area contributed by atoms with Crippen LogP contribution in [0.2, 0.25) is 0 Å². The van der Waals surface area contributed by atoms with Crippen molar-refractivity contribution in [1.82, 2.24) is 5.16 Å². The Hall–Kier alpha value is -1.62. The summed E-state index contributed by atoms with van der Waals surface area (Å²) in [4.78, 5) is 10.5. The standard InChI is InChI=1S/C8H5NO3S/c10-8(11)6-3-7(12-9-6)5-1-2-13-4-5/h1-4H,(H,10,11). The number of carboxylic acids is 1. The number of rotatable bonds is 2. The molecule has 0 unspecified atom stereocenters. The van der Waals surface area contributed by atoms with Crippen molar-refractivity contribution in [3.05, 3.63) is 28.6 Å². The SMILES string of the molecule is O=C(O)c1cc(-c2ccsc2)on1. The van der Waals surface area contributed by atoms with Crippen LogP contribution in [0, 0.1) is 0 Å². The van der Waals surface area contributed by atoms with Crippen molar-refractivity contribution in [2.45, 2.75) is 0 Å². The van der Waals surface area contributed by atoms with E-state index in [1.165, 1.54) is 17.4 Å². The summed E-state index contributed by atoms with van der Waals surface area (Å²) in [5, 5.41) is 15.7. The van der Waals surface area contributed by atoms with Gasteiger partial charge in [0.05, 0.1) is 0 Å². The van der Waals surface area contributed by atoms with Crippen LogP contribution in [0.3, 0.4) is 0 Å². The largest absolute Gasteiger partial charge is 0.476 e. The van der Waals surface area contributed by atoms with Crippen LogP contribution >= 0.6 is 11.3 Å². The average Bonchev–Trinajstić information content (AvgIpc) is 2.75. The van der Waals surface area contributed by atoms with Gasteiger partial charge in [-0.3, -0.25) is 0 Å². The molecule has 13 heavy (non-hydrogen) atoms. The van der Waals surface area contributed by atoms with Crippen molar-refractivity contribution in [2.24, 2.45) is 0 Å². The summed E-state index contributed by atoms with van der Waals surface area (Å²) < 4.78 is 4.85. The molecule has 4 nitrogen and oxygen atoms in total. The summed E-state index contributed by atoms with van der Waals surface area (Å²) in [7, 11) is 0.